The zero-order chi connectivity index (χ0) is 19.9. The van der Waals surface area contributed by atoms with Crippen LogP contribution in [0.1, 0.15) is 33.6 Å². The first-order valence-electron chi connectivity index (χ1n) is 8.74. The topological polar surface area (TPSA) is 113 Å². The molecule has 1 saturated carbocycles. The monoisotopic (exact) mass is 399 g/mol. The smallest absolute Gasteiger partial charge is 0.269 e. The summed E-state index contributed by atoms with van der Waals surface area (Å²) < 4.78 is 25.6. The predicted molar refractivity (Wildman–Crippen MR) is 100 cm³/mol. The van der Waals surface area contributed by atoms with Gasteiger partial charge in [0.2, 0.25) is 5.91 Å². The van der Waals surface area contributed by atoms with Crippen LogP contribution < -0.4 is 10.6 Å². The molecule has 1 aliphatic carbocycles. The number of carbonyl (C=O) groups is 3. The Morgan fingerprint density at radius 3 is 2.43 bits per heavy atom. The number of anilines is 1. The van der Waals surface area contributed by atoms with E-state index in [1.54, 1.807) is 30.3 Å². The van der Waals surface area contributed by atoms with Crippen molar-refractivity contribution in [2.75, 3.05) is 11.9 Å². The highest BCUT2D eigenvalue weighted by Crippen LogP contribution is 2.29. The number of nitrogens with zero attached hydrogens (tertiary/aromatic N) is 1. The van der Waals surface area contributed by atoms with Crippen LogP contribution in [-0.2, 0) is 14.8 Å². The average Bonchev–Trinajstić information content (AvgIpc) is 3.46. The fraction of sp³-hybridized carbons (Fsp3) is 0.211. The number of hydrogen-bond acceptors (Lipinski definition) is 5. The largest absolute Gasteiger partial charge is 0.349 e. The van der Waals surface area contributed by atoms with Crippen LogP contribution in [0.15, 0.2) is 53.4 Å². The Bertz CT molecular complexity index is 1090. The standard InChI is InChI=1S/C19H17N3O5S/c23-17(11-22-19(25)14-6-2-4-8-16(14)28(22,26)27)21-15-7-3-1-5-13(15)18(24)20-12-9-10-12/h1-8,12H,9-11H2,(H,20,24)(H,21,23). The lowest BCUT2D eigenvalue weighted by atomic mass is 10.1. The molecule has 0 aromatic heterocycles. The lowest BCUT2D eigenvalue weighted by molar-refractivity contribution is -0.116. The molecule has 3 amide bonds. The third-order valence-corrected chi connectivity index (χ3v) is 6.34. The first-order valence-corrected chi connectivity index (χ1v) is 10.2. The molecule has 2 aromatic carbocycles. The van der Waals surface area contributed by atoms with E-state index < -0.39 is 28.4 Å². The Labute approximate surface area is 161 Å². The molecule has 2 aliphatic rings. The highest BCUT2D eigenvalue weighted by Gasteiger charge is 2.41. The maximum atomic E-state index is 12.5. The summed E-state index contributed by atoms with van der Waals surface area (Å²) in [6.07, 6.45) is 1.85. The highest BCUT2D eigenvalue weighted by molar-refractivity contribution is 7.90. The van der Waals surface area contributed by atoms with Gasteiger partial charge in [-0.2, -0.15) is 0 Å². The van der Waals surface area contributed by atoms with Gasteiger partial charge in [0, 0.05) is 6.04 Å². The zero-order valence-corrected chi connectivity index (χ0v) is 15.5. The Kier molecular flexibility index (Phi) is 4.38. The fourth-order valence-corrected chi connectivity index (χ4v) is 4.51. The minimum Gasteiger partial charge on any atom is -0.349 e. The van der Waals surface area contributed by atoms with Crippen LogP contribution in [0.4, 0.5) is 5.69 Å². The summed E-state index contributed by atoms with van der Waals surface area (Å²) in [5, 5.41) is 5.38. The van der Waals surface area contributed by atoms with E-state index in [-0.39, 0.29) is 33.7 Å². The van der Waals surface area contributed by atoms with Gasteiger partial charge < -0.3 is 10.6 Å². The first-order chi connectivity index (χ1) is 13.4. The molecule has 0 unspecified atom stereocenters. The zero-order valence-electron chi connectivity index (χ0n) is 14.7. The Hall–Kier alpha value is -3.20. The molecular weight excluding hydrogens is 382 g/mol. The van der Waals surface area contributed by atoms with Crippen molar-refractivity contribution in [1.82, 2.24) is 9.62 Å². The van der Waals surface area contributed by atoms with Gasteiger partial charge in [-0.05, 0) is 37.1 Å². The average molecular weight is 399 g/mol. The van der Waals surface area contributed by atoms with Gasteiger partial charge in [0.1, 0.15) is 11.4 Å². The molecule has 1 heterocycles. The number of sulfonamides is 1. The fourth-order valence-electron chi connectivity index (χ4n) is 2.99. The number of carbonyl (C=O) groups excluding carboxylic acids is 3. The van der Waals surface area contributed by atoms with Gasteiger partial charge >= 0.3 is 0 Å². The van der Waals surface area contributed by atoms with Crippen molar-refractivity contribution in [3.63, 3.8) is 0 Å². The number of nitrogens with one attached hydrogen (secondary N) is 2. The molecule has 144 valence electrons. The van der Waals surface area contributed by atoms with Crippen LogP contribution >= 0.6 is 0 Å². The number of fused-ring (bicyclic) bond motifs is 1. The Balaban J connectivity index is 1.52. The van der Waals surface area contributed by atoms with Crippen molar-refractivity contribution >= 4 is 33.4 Å². The summed E-state index contributed by atoms with van der Waals surface area (Å²) in [4.78, 5) is 37.1. The number of amides is 3. The number of benzene rings is 2. The summed E-state index contributed by atoms with van der Waals surface area (Å²) >= 11 is 0. The second kappa shape index (κ2) is 6.75. The van der Waals surface area contributed by atoms with Gasteiger partial charge in [0.25, 0.3) is 21.8 Å². The summed E-state index contributed by atoms with van der Waals surface area (Å²) in [6, 6.07) is 12.4. The summed E-state index contributed by atoms with van der Waals surface area (Å²) in [7, 11) is -4.07. The minimum absolute atomic E-state index is 0.0412. The normalized spacial score (nSPS) is 17.1. The van der Waals surface area contributed by atoms with E-state index >= 15 is 0 Å². The maximum absolute atomic E-state index is 12.5. The molecule has 1 fully saturated rings. The van der Waals surface area contributed by atoms with Gasteiger partial charge in [-0.3, -0.25) is 14.4 Å². The molecule has 2 N–H and O–H groups in total. The van der Waals surface area contributed by atoms with E-state index in [9.17, 15) is 22.8 Å². The molecule has 4 rings (SSSR count). The number of hydrogen-bond donors (Lipinski definition) is 2. The summed E-state index contributed by atoms with van der Waals surface area (Å²) in [5.74, 6) is -1.77. The van der Waals surface area contributed by atoms with Crippen LogP contribution in [-0.4, -0.2) is 43.0 Å². The van der Waals surface area contributed by atoms with Crippen LogP contribution in [0.3, 0.4) is 0 Å². The third kappa shape index (κ3) is 3.24. The molecule has 0 spiro atoms. The first kappa shape index (κ1) is 18.2. The van der Waals surface area contributed by atoms with Crippen LogP contribution in [0.25, 0.3) is 0 Å². The molecule has 0 saturated heterocycles. The van der Waals surface area contributed by atoms with Crippen molar-refractivity contribution < 1.29 is 22.8 Å². The second-order valence-electron chi connectivity index (χ2n) is 6.65. The van der Waals surface area contributed by atoms with Gasteiger partial charge in [0.15, 0.2) is 0 Å². The predicted octanol–water partition coefficient (Wildman–Crippen LogP) is 1.36. The van der Waals surface area contributed by atoms with E-state index in [1.165, 1.54) is 18.2 Å². The molecule has 8 nitrogen and oxygen atoms in total. The Morgan fingerprint density at radius 1 is 1.04 bits per heavy atom. The van der Waals surface area contributed by atoms with Crippen molar-refractivity contribution in [1.29, 1.82) is 0 Å². The molecule has 9 heteroatoms. The Morgan fingerprint density at radius 2 is 1.71 bits per heavy atom. The van der Waals surface area contributed by atoms with Crippen molar-refractivity contribution in [3.05, 3.63) is 59.7 Å². The van der Waals surface area contributed by atoms with E-state index in [1.807, 2.05) is 0 Å². The molecular formula is C19H17N3O5S. The third-order valence-electron chi connectivity index (χ3n) is 4.56. The van der Waals surface area contributed by atoms with Crippen molar-refractivity contribution in [2.24, 2.45) is 0 Å². The van der Waals surface area contributed by atoms with Crippen molar-refractivity contribution in [3.8, 4) is 0 Å². The van der Waals surface area contributed by atoms with Crippen LogP contribution in [0.5, 0.6) is 0 Å². The minimum atomic E-state index is -4.07. The van der Waals surface area contributed by atoms with E-state index in [4.69, 9.17) is 0 Å². The lowest BCUT2D eigenvalue weighted by Crippen LogP contribution is -2.37. The summed E-state index contributed by atoms with van der Waals surface area (Å²) in [6.45, 7) is -0.672. The molecule has 1 aliphatic heterocycles. The molecule has 0 atom stereocenters. The lowest BCUT2D eigenvalue weighted by Gasteiger charge is -2.16. The van der Waals surface area contributed by atoms with E-state index in [0.717, 1.165) is 12.8 Å². The second-order valence-corrected chi connectivity index (χ2v) is 8.49. The van der Waals surface area contributed by atoms with Crippen molar-refractivity contribution in [2.45, 2.75) is 23.8 Å². The quantitative estimate of drug-likeness (QED) is 0.788. The van der Waals surface area contributed by atoms with E-state index in [2.05, 4.69) is 10.6 Å². The van der Waals surface area contributed by atoms with E-state index in [0.29, 0.717) is 4.31 Å². The number of para-hydroxylation sites is 1. The van der Waals surface area contributed by atoms with Crippen LogP contribution in [0.2, 0.25) is 0 Å². The number of rotatable bonds is 5. The van der Waals surface area contributed by atoms with Gasteiger partial charge in [-0.15, -0.1) is 0 Å². The SMILES string of the molecule is O=C(CN1C(=O)c2ccccc2S1(=O)=O)Nc1ccccc1C(=O)NC1CC1. The molecule has 0 bridgehead atoms. The maximum Gasteiger partial charge on any atom is 0.269 e. The van der Waals surface area contributed by atoms with Gasteiger partial charge in [-0.25, -0.2) is 12.7 Å². The molecule has 2 aromatic rings. The van der Waals surface area contributed by atoms with Gasteiger partial charge in [-0.1, -0.05) is 24.3 Å². The summed E-state index contributed by atoms with van der Waals surface area (Å²) in [5.41, 5.74) is 0.577. The van der Waals surface area contributed by atoms with Gasteiger partial charge in [0.05, 0.1) is 16.8 Å². The molecule has 28 heavy (non-hydrogen) atoms. The van der Waals surface area contributed by atoms with Crippen LogP contribution in [0, 0.1) is 0 Å². The molecule has 0 radical (unpaired) electrons. The highest BCUT2D eigenvalue weighted by atomic mass is 32.2.